The van der Waals surface area contributed by atoms with Gasteiger partial charge in [0, 0.05) is 10.2 Å². The van der Waals surface area contributed by atoms with Gasteiger partial charge in [-0.2, -0.15) is 0 Å². The Kier molecular flexibility index (Phi) is 6.58. The molecule has 4 rings (SSSR count). The molecule has 158 valence electrons. The average molecular weight is 498 g/mol. The van der Waals surface area contributed by atoms with Crippen molar-refractivity contribution >= 4 is 50.1 Å². The molecule has 1 N–H and O–H groups in total. The molecule has 0 aliphatic carbocycles. The van der Waals surface area contributed by atoms with Crippen molar-refractivity contribution in [1.29, 1.82) is 0 Å². The number of hydrogen-bond acceptors (Lipinski definition) is 6. The number of aryl methyl sites for hydroxylation is 2. The first kappa shape index (κ1) is 21.4. The molecule has 3 aromatic carbocycles. The van der Waals surface area contributed by atoms with Crippen LogP contribution in [0.25, 0.3) is 10.8 Å². The molecule has 1 amide bonds. The molecule has 6 nitrogen and oxygen atoms in total. The number of amides is 1. The van der Waals surface area contributed by atoms with Crippen molar-refractivity contribution in [2.45, 2.75) is 25.7 Å². The number of carbonyl (C=O) groups is 1. The highest BCUT2D eigenvalue weighted by Gasteiger charge is 2.13. The van der Waals surface area contributed by atoms with E-state index in [1.165, 1.54) is 11.8 Å². The Labute approximate surface area is 192 Å². The standard InChI is InChI=1S/C23H20BrN3O3S/c1-14-9-18(24)10-15(2)22(14)25-20(28)13-31-23-27-26-21(30-23)12-29-19-8-7-16-5-3-4-6-17(16)11-19/h3-11H,12-13H2,1-2H3,(H,25,28). The lowest BCUT2D eigenvalue weighted by Gasteiger charge is -2.11. The number of nitrogens with zero attached hydrogens (tertiary/aromatic N) is 2. The maximum atomic E-state index is 12.3. The van der Waals surface area contributed by atoms with E-state index in [2.05, 4.69) is 37.5 Å². The smallest absolute Gasteiger partial charge is 0.277 e. The van der Waals surface area contributed by atoms with Crippen molar-refractivity contribution in [2.75, 3.05) is 11.1 Å². The van der Waals surface area contributed by atoms with E-state index >= 15 is 0 Å². The second-order valence-corrected chi connectivity index (χ2v) is 8.85. The fourth-order valence-electron chi connectivity index (χ4n) is 3.17. The lowest BCUT2D eigenvalue weighted by molar-refractivity contribution is -0.113. The molecule has 1 heterocycles. The minimum atomic E-state index is -0.134. The summed E-state index contributed by atoms with van der Waals surface area (Å²) in [7, 11) is 0. The third kappa shape index (κ3) is 5.45. The molecule has 0 aliphatic rings. The van der Waals surface area contributed by atoms with E-state index in [1.807, 2.05) is 62.4 Å². The highest BCUT2D eigenvalue weighted by Crippen LogP contribution is 2.26. The number of fused-ring (bicyclic) bond motifs is 1. The van der Waals surface area contributed by atoms with Crippen LogP contribution in [0.2, 0.25) is 0 Å². The minimum Gasteiger partial charge on any atom is -0.484 e. The van der Waals surface area contributed by atoms with Crippen LogP contribution in [0.3, 0.4) is 0 Å². The molecule has 0 saturated heterocycles. The van der Waals surface area contributed by atoms with E-state index in [0.29, 0.717) is 11.1 Å². The zero-order chi connectivity index (χ0) is 21.8. The maximum absolute atomic E-state index is 12.3. The number of thioether (sulfide) groups is 1. The Morgan fingerprint density at radius 1 is 1.06 bits per heavy atom. The Morgan fingerprint density at radius 3 is 2.58 bits per heavy atom. The number of ether oxygens (including phenoxy) is 1. The van der Waals surface area contributed by atoms with E-state index < -0.39 is 0 Å². The molecule has 1 aromatic heterocycles. The Hall–Kier alpha value is -2.84. The summed E-state index contributed by atoms with van der Waals surface area (Å²) >= 11 is 4.65. The summed E-state index contributed by atoms with van der Waals surface area (Å²) < 4.78 is 12.3. The molecule has 0 atom stereocenters. The first-order chi connectivity index (χ1) is 15.0. The molecule has 31 heavy (non-hydrogen) atoms. The number of anilines is 1. The van der Waals surface area contributed by atoms with Gasteiger partial charge in [-0.25, -0.2) is 0 Å². The van der Waals surface area contributed by atoms with Gasteiger partial charge >= 0.3 is 0 Å². The topological polar surface area (TPSA) is 77.2 Å². The van der Waals surface area contributed by atoms with Crippen molar-refractivity contribution in [3.8, 4) is 5.75 Å². The van der Waals surface area contributed by atoms with E-state index in [9.17, 15) is 4.79 Å². The highest BCUT2D eigenvalue weighted by atomic mass is 79.9. The second-order valence-electron chi connectivity index (χ2n) is 7.01. The summed E-state index contributed by atoms with van der Waals surface area (Å²) in [5, 5.41) is 13.5. The number of benzene rings is 3. The predicted octanol–water partition coefficient (Wildman–Crippen LogP) is 5.91. The highest BCUT2D eigenvalue weighted by molar-refractivity contribution is 9.10. The number of carbonyl (C=O) groups excluding carboxylic acids is 1. The number of aromatic nitrogens is 2. The third-order valence-electron chi connectivity index (χ3n) is 4.62. The van der Waals surface area contributed by atoms with Crippen LogP contribution in [-0.4, -0.2) is 21.9 Å². The fraction of sp³-hybridized carbons (Fsp3) is 0.174. The molecular weight excluding hydrogens is 478 g/mol. The summed E-state index contributed by atoms with van der Waals surface area (Å²) in [5.41, 5.74) is 2.82. The molecule has 0 radical (unpaired) electrons. The molecule has 0 bridgehead atoms. The van der Waals surface area contributed by atoms with Gasteiger partial charge in [0.2, 0.25) is 5.91 Å². The van der Waals surface area contributed by atoms with Crippen LogP contribution in [0, 0.1) is 13.8 Å². The van der Waals surface area contributed by atoms with Crippen molar-refractivity contribution < 1.29 is 13.9 Å². The van der Waals surface area contributed by atoms with Crippen LogP contribution in [0.5, 0.6) is 5.75 Å². The van der Waals surface area contributed by atoms with Gasteiger partial charge in [-0.15, -0.1) is 10.2 Å². The number of rotatable bonds is 7. The van der Waals surface area contributed by atoms with Crippen LogP contribution in [-0.2, 0) is 11.4 Å². The van der Waals surface area contributed by atoms with Crippen LogP contribution >= 0.6 is 27.7 Å². The largest absolute Gasteiger partial charge is 0.484 e. The Morgan fingerprint density at radius 2 is 1.81 bits per heavy atom. The van der Waals surface area contributed by atoms with E-state index in [1.54, 1.807) is 0 Å². The normalized spacial score (nSPS) is 10.9. The first-order valence-electron chi connectivity index (χ1n) is 9.61. The van der Waals surface area contributed by atoms with Gasteiger partial charge in [-0.3, -0.25) is 4.79 Å². The third-order valence-corrected chi connectivity index (χ3v) is 5.90. The molecular formula is C23H20BrN3O3S. The monoisotopic (exact) mass is 497 g/mol. The summed E-state index contributed by atoms with van der Waals surface area (Å²) in [6, 6.07) is 17.9. The summed E-state index contributed by atoms with van der Waals surface area (Å²) in [6.07, 6.45) is 0. The summed E-state index contributed by atoms with van der Waals surface area (Å²) in [5.74, 6) is 1.12. The molecule has 0 aliphatic heterocycles. The Balaban J connectivity index is 1.30. The summed E-state index contributed by atoms with van der Waals surface area (Å²) in [6.45, 7) is 4.08. The predicted molar refractivity (Wildman–Crippen MR) is 126 cm³/mol. The van der Waals surface area contributed by atoms with E-state index in [-0.39, 0.29) is 18.3 Å². The SMILES string of the molecule is Cc1cc(Br)cc(C)c1NC(=O)CSc1nnc(COc2ccc3ccccc3c2)o1. The zero-order valence-electron chi connectivity index (χ0n) is 17.0. The average Bonchev–Trinajstić information content (AvgIpc) is 3.21. The molecule has 0 unspecified atom stereocenters. The molecule has 8 heteroatoms. The second kappa shape index (κ2) is 9.53. The quantitative estimate of drug-likeness (QED) is 0.319. The van der Waals surface area contributed by atoms with Gasteiger partial charge in [0.15, 0.2) is 6.61 Å². The lowest BCUT2D eigenvalue weighted by atomic mass is 10.1. The van der Waals surface area contributed by atoms with Crippen LogP contribution in [0.4, 0.5) is 5.69 Å². The summed E-state index contributed by atoms with van der Waals surface area (Å²) in [4.78, 5) is 12.3. The first-order valence-corrected chi connectivity index (χ1v) is 11.4. The van der Waals surface area contributed by atoms with E-state index in [4.69, 9.17) is 9.15 Å². The van der Waals surface area contributed by atoms with Gasteiger partial charge in [0.25, 0.3) is 11.1 Å². The number of halogens is 1. The van der Waals surface area contributed by atoms with Gasteiger partial charge in [-0.05, 0) is 60.0 Å². The lowest BCUT2D eigenvalue weighted by Crippen LogP contribution is -2.15. The minimum absolute atomic E-state index is 0.134. The van der Waals surface area contributed by atoms with Gasteiger partial charge in [0.1, 0.15) is 5.75 Å². The van der Waals surface area contributed by atoms with Crippen LogP contribution in [0.15, 0.2) is 68.7 Å². The van der Waals surface area contributed by atoms with Crippen molar-refractivity contribution in [3.63, 3.8) is 0 Å². The van der Waals surface area contributed by atoms with Crippen LogP contribution in [0.1, 0.15) is 17.0 Å². The van der Waals surface area contributed by atoms with Gasteiger partial charge in [0.05, 0.1) is 5.75 Å². The van der Waals surface area contributed by atoms with Crippen molar-refractivity contribution in [3.05, 3.63) is 76.1 Å². The van der Waals surface area contributed by atoms with Crippen molar-refractivity contribution in [2.24, 2.45) is 0 Å². The molecule has 0 fully saturated rings. The zero-order valence-corrected chi connectivity index (χ0v) is 19.4. The van der Waals surface area contributed by atoms with Crippen molar-refractivity contribution in [1.82, 2.24) is 10.2 Å². The Bertz CT molecular complexity index is 1220. The van der Waals surface area contributed by atoms with Gasteiger partial charge < -0.3 is 14.5 Å². The maximum Gasteiger partial charge on any atom is 0.277 e. The molecule has 0 saturated carbocycles. The fourth-order valence-corrected chi connectivity index (χ4v) is 4.43. The number of nitrogens with one attached hydrogen (secondary N) is 1. The van der Waals surface area contributed by atoms with E-state index in [0.717, 1.165) is 37.8 Å². The molecule has 4 aromatic rings. The number of hydrogen-bond donors (Lipinski definition) is 1. The van der Waals surface area contributed by atoms with Gasteiger partial charge in [-0.1, -0.05) is 58.0 Å². The molecule has 0 spiro atoms. The van der Waals surface area contributed by atoms with Crippen LogP contribution < -0.4 is 10.1 Å².